The van der Waals surface area contributed by atoms with Crippen LogP contribution in [0.4, 0.5) is 5.69 Å². The van der Waals surface area contributed by atoms with Gasteiger partial charge in [-0.25, -0.2) is 4.52 Å². The first-order valence-corrected chi connectivity index (χ1v) is 10.4. The van der Waals surface area contributed by atoms with Crippen LogP contribution in [0.2, 0.25) is 0 Å². The molecule has 2 aromatic carbocycles. The molecule has 6 heteroatoms. The first-order valence-electron chi connectivity index (χ1n) is 10.4. The third-order valence-electron chi connectivity index (χ3n) is 5.98. The summed E-state index contributed by atoms with van der Waals surface area (Å²) in [7, 11) is 2.16. The number of rotatable bonds is 3. The second kappa shape index (κ2) is 7.78. The van der Waals surface area contributed by atoms with Crippen LogP contribution in [0.5, 0.6) is 5.75 Å². The molecule has 4 aromatic rings. The number of phenolic OH excluding ortho intramolecular Hbond substituents is 1. The van der Waals surface area contributed by atoms with E-state index in [-0.39, 0.29) is 5.75 Å². The lowest BCUT2D eigenvalue weighted by molar-refractivity contribution is 0.313. The van der Waals surface area contributed by atoms with Gasteiger partial charge in [-0.05, 0) is 48.5 Å². The topological polar surface area (TPSA) is 67.8 Å². The van der Waals surface area contributed by atoms with Gasteiger partial charge in [-0.15, -0.1) is 0 Å². The average molecular weight is 409 g/mol. The Bertz CT molecular complexity index is 1260. The molecule has 1 aliphatic heterocycles. The second-order valence-corrected chi connectivity index (χ2v) is 7.99. The predicted octanol–water partition coefficient (Wildman–Crippen LogP) is 4.00. The lowest BCUT2D eigenvalue weighted by Gasteiger charge is -2.34. The van der Waals surface area contributed by atoms with Crippen molar-refractivity contribution in [2.24, 2.45) is 0 Å². The highest BCUT2D eigenvalue weighted by atomic mass is 16.3. The van der Waals surface area contributed by atoms with E-state index in [2.05, 4.69) is 58.3 Å². The van der Waals surface area contributed by atoms with Crippen molar-refractivity contribution in [1.82, 2.24) is 14.5 Å². The van der Waals surface area contributed by atoms with Crippen LogP contribution in [0.3, 0.4) is 0 Å². The molecule has 0 amide bonds. The summed E-state index contributed by atoms with van der Waals surface area (Å²) >= 11 is 0. The molecule has 0 bridgehead atoms. The third-order valence-corrected chi connectivity index (χ3v) is 5.98. The molecule has 0 unspecified atom stereocenters. The minimum Gasteiger partial charge on any atom is -0.508 e. The molecule has 6 nitrogen and oxygen atoms in total. The molecular weight excluding hydrogens is 386 g/mol. The van der Waals surface area contributed by atoms with E-state index in [1.54, 1.807) is 22.8 Å². The van der Waals surface area contributed by atoms with Crippen molar-refractivity contribution in [3.8, 4) is 34.1 Å². The van der Waals surface area contributed by atoms with Gasteiger partial charge >= 0.3 is 0 Å². The number of nitriles is 1. The molecular formula is C25H23N5O. The van der Waals surface area contributed by atoms with Crippen LogP contribution in [0, 0.1) is 11.3 Å². The van der Waals surface area contributed by atoms with Gasteiger partial charge in [0.1, 0.15) is 11.8 Å². The van der Waals surface area contributed by atoms with E-state index in [1.165, 1.54) is 5.69 Å². The van der Waals surface area contributed by atoms with Gasteiger partial charge in [0.2, 0.25) is 0 Å². The summed E-state index contributed by atoms with van der Waals surface area (Å²) in [5, 5.41) is 23.6. The van der Waals surface area contributed by atoms with Crippen molar-refractivity contribution in [2.45, 2.75) is 0 Å². The SMILES string of the molecule is CN1CCN(c2ccc(-c3cc(-c4ccc(O)cc4)c4c(C#N)cnn4c3)cc2)CC1. The maximum atomic E-state index is 9.68. The quantitative estimate of drug-likeness (QED) is 0.554. The smallest absolute Gasteiger partial charge is 0.115 e. The fourth-order valence-corrected chi connectivity index (χ4v) is 4.15. The van der Waals surface area contributed by atoms with Gasteiger partial charge in [-0.1, -0.05) is 24.3 Å². The predicted molar refractivity (Wildman–Crippen MR) is 122 cm³/mol. The van der Waals surface area contributed by atoms with Gasteiger partial charge in [0.05, 0.1) is 17.3 Å². The summed E-state index contributed by atoms with van der Waals surface area (Å²) in [6.45, 7) is 4.23. The summed E-state index contributed by atoms with van der Waals surface area (Å²) in [5.74, 6) is 0.212. The Morgan fingerprint density at radius 2 is 1.58 bits per heavy atom. The number of piperazine rings is 1. The van der Waals surface area contributed by atoms with Crippen LogP contribution in [0.1, 0.15) is 5.56 Å². The number of anilines is 1. The first kappa shape index (κ1) is 19.2. The fourth-order valence-electron chi connectivity index (χ4n) is 4.15. The molecule has 1 saturated heterocycles. The fraction of sp³-hybridized carbons (Fsp3) is 0.200. The van der Waals surface area contributed by atoms with Crippen molar-refractivity contribution >= 4 is 11.2 Å². The zero-order chi connectivity index (χ0) is 21.4. The van der Waals surface area contributed by atoms with Crippen LogP contribution in [-0.2, 0) is 0 Å². The van der Waals surface area contributed by atoms with Gasteiger partial charge in [0.15, 0.2) is 0 Å². The Morgan fingerprint density at radius 1 is 0.903 bits per heavy atom. The van der Waals surface area contributed by atoms with Crippen molar-refractivity contribution < 1.29 is 5.11 Å². The Kier molecular flexibility index (Phi) is 4.81. The van der Waals surface area contributed by atoms with Gasteiger partial charge in [-0.3, -0.25) is 0 Å². The zero-order valence-electron chi connectivity index (χ0n) is 17.4. The number of fused-ring (bicyclic) bond motifs is 1. The van der Waals surface area contributed by atoms with E-state index in [4.69, 9.17) is 0 Å². The van der Waals surface area contributed by atoms with Crippen LogP contribution in [0.25, 0.3) is 27.8 Å². The van der Waals surface area contributed by atoms with Crippen molar-refractivity contribution in [3.05, 3.63) is 72.6 Å². The molecule has 31 heavy (non-hydrogen) atoms. The second-order valence-electron chi connectivity index (χ2n) is 7.99. The zero-order valence-corrected chi connectivity index (χ0v) is 17.4. The van der Waals surface area contributed by atoms with Gasteiger partial charge in [0, 0.05) is 49.2 Å². The first-order chi connectivity index (χ1) is 15.1. The van der Waals surface area contributed by atoms with E-state index >= 15 is 0 Å². The number of benzene rings is 2. The summed E-state index contributed by atoms with van der Waals surface area (Å²) in [5.41, 5.74) is 6.49. The summed E-state index contributed by atoms with van der Waals surface area (Å²) in [6.07, 6.45) is 3.56. The van der Waals surface area contributed by atoms with Crippen molar-refractivity contribution in [1.29, 1.82) is 5.26 Å². The molecule has 5 rings (SSSR count). The monoisotopic (exact) mass is 409 g/mol. The van der Waals surface area contributed by atoms with Gasteiger partial charge in [0.25, 0.3) is 0 Å². The number of nitrogens with zero attached hydrogens (tertiary/aromatic N) is 5. The molecule has 0 aliphatic carbocycles. The molecule has 0 atom stereocenters. The summed E-state index contributed by atoms with van der Waals surface area (Å²) in [6, 6.07) is 20.0. The third kappa shape index (κ3) is 3.60. The lowest BCUT2D eigenvalue weighted by atomic mass is 9.98. The van der Waals surface area contributed by atoms with E-state index < -0.39 is 0 Å². The summed E-state index contributed by atoms with van der Waals surface area (Å²) < 4.78 is 1.77. The standard InChI is InChI=1S/C25H23N5O/c1-28-10-12-29(13-11-28)22-6-2-18(3-7-22)20-14-24(19-4-8-23(31)9-5-19)25-21(15-26)16-27-30(25)17-20/h2-9,14,16-17,31H,10-13H2,1H3. The Labute approximate surface area is 181 Å². The Hall–Kier alpha value is -3.82. The van der Waals surface area contributed by atoms with E-state index in [9.17, 15) is 10.4 Å². The molecule has 0 radical (unpaired) electrons. The molecule has 1 aliphatic rings. The maximum Gasteiger partial charge on any atom is 0.115 e. The largest absolute Gasteiger partial charge is 0.508 e. The normalized spacial score (nSPS) is 14.6. The van der Waals surface area contributed by atoms with E-state index in [0.717, 1.165) is 53.9 Å². The summed E-state index contributed by atoms with van der Waals surface area (Å²) in [4.78, 5) is 4.77. The minimum absolute atomic E-state index is 0.212. The van der Waals surface area contributed by atoms with Gasteiger partial charge in [-0.2, -0.15) is 10.4 Å². The van der Waals surface area contributed by atoms with E-state index in [0.29, 0.717) is 5.56 Å². The highest BCUT2D eigenvalue weighted by Gasteiger charge is 2.16. The molecule has 1 N–H and O–H groups in total. The minimum atomic E-state index is 0.212. The molecule has 0 spiro atoms. The number of pyridine rings is 1. The van der Waals surface area contributed by atoms with E-state index in [1.807, 2.05) is 18.3 Å². The highest BCUT2D eigenvalue weighted by molar-refractivity contribution is 5.87. The van der Waals surface area contributed by atoms with Crippen LogP contribution < -0.4 is 4.90 Å². The van der Waals surface area contributed by atoms with Crippen LogP contribution in [-0.4, -0.2) is 52.8 Å². The Balaban J connectivity index is 1.56. The number of hydrogen-bond acceptors (Lipinski definition) is 5. The van der Waals surface area contributed by atoms with Gasteiger partial charge < -0.3 is 14.9 Å². The molecule has 154 valence electrons. The van der Waals surface area contributed by atoms with Crippen molar-refractivity contribution in [3.63, 3.8) is 0 Å². The number of aromatic hydroxyl groups is 1. The number of aromatic nitrogens is 2. The maximum absolute atomic E-state index is 9.68. The number of likely N-dealkylation sites (N-methyl/N-ethyl adjacent to an activating group) is 1. The molecule has 3 heterocycles. The Morgan fingerprint density at radius 3 is 2.26 bits per heavy atom. The van der Waals surface area contributed by atoms with Crippen LogP contribution in [0.15, 0.2) is 67.0 Å². The average Bonchev–Trinajstić information content (AvgIpc) is 3.23. The molecule has 0 saturated carbocycles. The number of phenols is 1. The highest BCUT2D eigenvalue weighted by Crippen LogP contribution is 2.33. The molecule has 1 fully saturated rings. The number of hydrogen-bond donors (Lipinski definition) is 1. The van der Waals surface area contributed by atoms with Crippen LogP contribution >= 0.6 is 0 Å². The lowest BCUT2D eigenvalue weighted by Crippen LogP contribution is -2.44. The molecule has 2 aromatic heterocycles. The van der Waals surface area contributed by atoms with Crippen molar-refractivity contribution in [2.75, 3.05) is 38.1 Å².